The van der Waals surface area contributed by atoms with Gasteiger partial charge in [0.2, 0.25) is 11.8 Å². The maximum Gasteiger partial charge on any atom is 0.233 e. The van der Waals surface area contributed by atoms with E-state index in [0.717, 1.165) is 32.1 Å². The summed E-state index contributed by atoms with van der Waals surface area (Å²) in [7, 11) is 1.65. The number of anilines is 1. The Morgan fingerprint density at radius 1 is 1.15 bits per heavy atom. The first-order valence-corrected chi connectivity index (χ1v) is 12.5. The van der Waals surface area contributed by atoms with Crippen molar-refractivity contribution in [3.05, 3.63) is 66.0 Å². The highest BCUT2D eigenvalue weighted by molar-refractivity contribution is 8.00. The Morgan fingerprint density at radius 2 is 1.91 bits per heavy atom. The molecule has 0 aliphatic carbocycles. The standard InChI is InChI=1S/C25H27N3O3S2/c1-15(16-6-7-18-11-19(30-5)9-8-17(18)10-16)23(29)28-24-27-13-22(33-24)32-14-21-26-12-20(31-21)25(2,3)4/h6-13,15H,14H2,1-5H3,(H,27,28,29)/t15-/m0/s1. The Bertz CT molecular complexity index is 1270. The van der Waals surface area contributed by atoms with Crippen LogP contribution < -0.4 is 10.1 Å². The van der Waals surface area contributed by atoms with Gasteiger partial charge in [-0.3, -0.25) is 4.79 Å². The summed E-state index contributed by atoms with van der Waals surface area (Å²) in [5.41, 5.74) is 0.891. The molecule has 0 saturated carbocycles. The SMILES string of the molecule is COc1ccc2cc([C@H](C)C(=O)Nc3ncc(SCc4ncc(C(C)(C)C)o4)s3)ccc2c1. The number of hydrogen-bond acceptors (Lipinski definition) is 7. The molecule has 8 heteroatoms. The number of carbonyl (C=O) groups is 1. The molecule has 4 aromatic rings. The third kappa shape index (κ3) is 5.57. The molecule has 0 bridgehead atoms. The van der Waals surface area contributed by atoms with Crippen LogP contribution in [-0.4, -0.2) is 23.0 Å². The van der Waals surface area contributed by atoms with Gasteiger partial charge in [0.15, 0.2) is 5.13 Å². The molecule has 2 aromatic heterocycles. The second-order valence-corrected chi connectivity index (χ2v) is 11.1. The Kier molecular flexibility index (Phi) is 6.76. The maximum absolute atomic E-state index is 12.8. The molecule has 4 rings (SSSR count). The van der Waals surface area contributed by atoms with Crippen molar-refractivity contribution in [2.75, 3.05) is 12.4 Å². The van der Waals surface area contributed by atoms with E-state index in [0.29, 0.717) is 16.8 Å². The second kappa shape index (κ2) is 9.57. The van der Waals surface area contributed by atoms with E-state index in [1.165, 1.54) is 11.3 Å². The minimum absolute atomic E-state index is 0.0630. The number of nitrogens with zero attached hydrogens (tertiary/aromatic N) is 2. The fourth-order valence-electron chi connectivity index (χ4n) is 3.24. The van der Waals surface area contributed by atoms with Crippen molar-refractivity contribution in [1.82, 2.24) is 9.97 Å². The summed E-state index contributed by atoms with van der Waals surface area (Å²) in [4.78, 5) is 21.6. The first-order chi connectivity index (χ1) is 15.7. The Balaban J connectivity index is 1.37. The van der Waals surface area contributed by atoms with Crippen molar-refractivity contribution in [3.63, 3.8) is 0 Å². The van der Waals surface area contributed by atoms with Crippen molar-refractivity contribution >= 4 is 44.9 Å². The summed E-state index contributed by atoms with van der Waals surface area (Å²) in [6, 6.07) is 12.0. The normalized spacial score (nSPS) is 12.6. The van der Waals surface area contributed by atoms with E-state index in [1.807, 2.05) is 43.3 Å². The van der Waals surface area contributed by atoms with Gasteiger partial charge in [0.25, 0.3) is 0 Å². The Morgan fingerprint density at radius 3 is 2.64 bits per heavy atom. The van der Waals surface area contributed by atoms with Gasteiger partial charge in [-0.25, -0.2) is 9.97 Å². The van der Waals surface area contributed by atoms with Crippen molar-refractivity contribution in [2.24, 2.45) is 0 Å². The number of oxazole rings is 1. The molecule has 0 aliphatic heterocycles. The predicted molar refractivity (Wildman–Crippen MR) is 134 cm³/mol. The van der Waals surface area contributed by atoms with Gasteiger partial charge in [-0.05, 0) is 35.4 Å². The fraction of sp³-hybridized carbons (Fsp3) is 0.320. The van der Waals surface area contributed by atoms with Gasteiger partial charge in [0, 0.05) is 5.41 Å². The number of benzene rings is 2. The molecule has 33 heavy (non-hydrogen) atoms. The van der Waals surface area contributed by atoms with Crippen LogP contribution >= 0.6 is 23.1 Å². The molecule has 0 unspecified atom stereocenters. The van der Waals surface area contributed by atoms with Gasteiger partial charge in [-0.2, -0.15) is 0 Å². The molecule has 0 radical (unpaired) electrons. The number of ether oxygens (including phenoxy) is 1. The largest absolute Gasteiger partial charge is 0.497 e. The highest BCUT2D eigenvalue weighted by Gasteiger charge is 2.20. The van der Waals surface area contributed by atoms with Crippen molar-refractivity contribution in [1.29, 1.82) is 0 Å². The molecular formula is C25H27N3O3S2. The van der Waals surface area contributed by atoms with E-state index >= 15 is 0 Å². The summed E-state index contributed by atoms with van der Waals surface area (Å²) in [6.45, 7) is 8.19. The number of nitrogens with one attached hydrogen (secondary N) is 1. The molecule has 1 N–H and O–H groups in total. The molecule has 2 aromatic carbocycles. The molecule has 172 valence electrons. The van der Waals surface area contributed by atoms with Crippen LogP contribution in [0.4, 0.5) is 5.13 Å². The lowest BCUT2D eigenvalue weighted by atomic mass is 9.94. The highest BCUT2D eigenvalue weighted by Crippen LogP contribution is 2.32. The number of thioether (sulfide) groups is 1. The molecule has 1 atom stereocenters. The monoisotopic (exact) mass is 481 g/mol. The number of hydrogen-bond donors (Lipinski definition) is 1. The minimum Gasteiger partial charge on any atom is -0.497 e. The number of carbonyl (C=O) groups excluding carboxylic acids is 1. The number of thiazole rings is 1. The molecule has 0 spiro atoms. The quantitative estimate of drug-likeness (QED) is 0.299. The van der Waals surface area contributed by atoms with Crippen LogP contribution in [0.1, 0.15) is 50.8 Å². The number of amides is 1. The van der Waals surface area contributed by atoms with Crippen LogP contribution in [0.5, 0.6) is 5.75 Å². The van der Waals surface area contributed by atoms with Crippen LogP contribution in [0.2, 0.25) is 0 Å². The summed E-state index contributed by atoms with van der Waals surface area (Å²) in [5, 5.41) is 5.68. The first-order valence-electron chi connectivity index (χ1n) is 10.7. The first kappa shape index (κ1) is 23.3. The number of aromatic nitrogens is 2. The van der Waals surface area contributed by atoms with E-state index < -0.39 is 0 Å². The van der Waals surface area contributed by atoms with Crippen LogP contribution in [0.15, 0.2) is 57.4 Å². The molecule has 0 saturated heterocycles. The van der Waals surface area contributed by atoms with Gasteiger partial charge < -0.3 is 14.5 Å². The highest BCUT2D eigenvalue weighted by atomic mass is 32.2. The van der Waals surface area contributed by atoms with Crippen LogP contribution in [0.3, 0.4) is 0 Å². The summed E-state index contributed by atoms with van der Waals surface area (Å²) >= 11 is 3.04. The average molecular weight is 482 g/mol. The minimum atomic E-state index is -0.306. The van der Waals surface area contributed by atoms with Crippen LogP contribution in [-0.2, 0) is 16.0 Å². The molecule has 2 heterocycles. The molecule has 0 aliphatic rings. The van der Waals surface area contributed by atoms with E-state index in [2.05, 4.69) is 36.1 Å². The Hall–Kier alpha value is -2.84. The molecular weight excluding hydrogens is 454 g/mol. The zero-order valence-electron chi connectivity index (χ0n) is 19.3. The maximum atomic E-state index is 12.8. The third-order valence-electron chi connectivity index (χ3n) is 5.31. The Labute approximate surface area is 201 Å². The number of fused-ring (bicyclic) bond motifs is 1. The molecule has 1 amide bonds. The molecule has 0 fully saturated rings. The lowest BCUT2D eigenvalue weighted by Gasteiger charge is -2.13. The zero-order valence-corrected chi connectivity index (χ0v) is 21.0. The van der Waals surface area contributed by atoms with Gasteiger partial charge >= 0.3 is 0 Å². The van der Waals surface area contributed by atoms with Crippen LogP contribution in [0.25, 0.3) is 10.8 Å². The zero-order chi connectivity index (χ0) is 23.6. The van der Waals surface area contributed by atoms with Crippen molar-refractivity contribution in [2.45, 2.75) is 49.0 Å². The van der Waals surface area contributed by atoms with E-state index in [4.69, 9.17) is 9.15 Å². The predicted octanol–water partition coefficient (Wildman–Crippen LogP) is 6.62. The average Bonchev–Trinajstić information content (AvgIpc) is 3.45. The van der Waals surface area contributed by atoms with Crippen molar-refractivity contribution < 1.29 is 13.9 Å². The lowest BCUT2D eigenvalue weighted by molar-refractivity contribution is -0.117. The summed E-state index contributed by atoms with van der Waals surface area (Å²) in [6.07, 6.45) is 3.56. The van der Waals surface area contributed by atoms with Gasteiger partial charge in [-0.15, -0.1) is 11.8 Å². The fourth-order valence-corrected chi connectivity index (χ4v) is 4.97. The third-order valence-corrected chi connectivity index (χ3v) is 7.40. The lowest BCUT2D eigenvalue weighted by Crippen LogP contribution is -2.18. The van der Waals surface area contributed by atoms with Crippen molar-refractivity contribution in [3.8, 4) is 5.75 Å². The smallest absolute Gasteiger partial charge is 0.233 e. The van der Waals surface area contributed by atoms with Gasteiger partial charge in [0.05, 0.1) is 35.4 Å². The van der Waals surface area contributed by atoms with Gasteiger partial charge in [-0.1, -0.05) is 56.4 Å². The number of rotatable bonds is 7. The van der Waals surface area contributed by atoms with Crippen LogP contribution in [0, 0.1) is 0 Å². The summed E-state index contributed by atoms with van der Waals surface area (Å²) < 4.78 is 12.1. The topological polar surface area (TPSA) is 77.2 Å². The molecule has 6 nitrogen and oxygen atoms in total. The second-order valence-electron chi connectivity index (χ2n) is 8.82. The van der Waals surface area contributed by atoms with E-state index in [1.54, 1.807) is 31.3 Å². The van der Waals surface area contributed by atoms with E-state index in [-0.39, 0.29) is 17.2 Å². The van der Waals surface area contributed by atoms with Gasteiger partial charge in [0.1, 0.15) is 11.5 Å². The summed E-state index contributed by atoms with van der Waals surface area (Å²) in [5.74, 6) is 2.60. The number of methoxy groups -OCH3 is 1. The van der Waals surface area contributed by atoms with E-state index in [9.17, 15) is 4.79 Å².